The van der Waals surface area contributed by atoms with Crippen LogP contribution in [0.5, 0.6) is 0 Å². The highest BCUT2D eigenvalue weighted by molar-refractivity contribution is 5.92. The highest BCUT2D eigenvalue weighted by Crippen LogP contribution is 2.12. The topological polar surface area (TPSA) is 75.4 Å². The van der Waals surface area contributed by atoms with Gasteiger partial charge in [-0.05, 0) is 31.0 Å². The third-order valence-corrected chi connectivity index (χ3v) is 3.70. The van der Waals surface area contributed by atoms with E-state index in [0.29, 0.717) is 25.2 Å². The van der Waals surface area contributed by atoms with E-state index >= 15 is 0 Å². The van der Waals surface area contributed by atoms with Gasteiger partial charge in [-0.1, -0.05) is 18.2 Å². The second-order valence-electron chi connectivity index (χ2n) is 5.35. The lowest BCUT2D eigenvalue weighted by atomic mass is 10.1. The molecule has 2 heterocycles. The zero-order valence-corrected chi connectivity index (χ0v) is 12.1. The van der Waals surface area contributed by atoms with Crippen molar-refractivity contribution in [2.45, 2.75) is 18.9 Å². The number of para-hydroxylation sites is 1. The van der Waals surface area contributed by atoms with Gasteiger partial charge in [-0.15, -0.1) is 0 Å². The molecule has 0 bridgehead atoms. The van der Waals surface area contributed by atoms with Crippen molar-refractivity contribution < 1.29 is 9.90 Å². The number of amides is 1. The Morgan fingerprint density at radius 1 is 1.18 bits per heavy atom. The van der Waals surface area contributed by atoms with E-state index in [1.54, 1.807) is 29.2 Å². The monoisotopic (exact) mass is 299 g/mol. The summed E-state index contributed by atoms with van der Waals surface area (Å²) >= 11 is 0. The second-order valence-corrected chi connectivity index (χ2v) is 5.35. The van der Waals surface area contributed by atoms with Gasteiger partial charge in [0, 0.05) is 19.2 Å². The van der Waals surface area contributed by atoms with E-state index in [0.717, 1.165) is 6.42 Å². The summed E-state index contributed by atoms with van der Waals surface area (Å²) in [5, 5.41) is 13.9. The molecule has 6 nitrogen and oxygen atoms in total. The molecule has 22 heavy (non-hydrogen) atoms. The van der Waals surface area contributed by atoms with Crippen LogP contribution in [0.4, 0.5) is 0 Å². The summed E-state index contributed by atoms with van der Waals surface area (Å²) in [6.07, 6.45) is 0.990. The molecule has 0 spiro atoms. The molecule has 1 atom stereocenters. The first-order valence-corrected chi connectivity index (χ1v) is 7.28. The minimum atomic E-state index is -0.488. The molecule has 114 valence electrons. The Labute approximate surface area is 127 Å². The van der Waals surface area contributed by atoms with Crippen LogP contribution < -0.4 is 5.56 Å². The number of aliphatic hydroxyl groups excluding tert-OH is 1. The Balaban J connectivity index is 1.92. The zero-order valence-electron chi connectivity index (χ0n) is 12.1. The molecule has 1 amide bonds. The minimum Gasteiger partial charge on any atom is -0.391 e. The molecule has 1 unspecified atom stereocenters. The van der Waals surface area contributed by atoms with E-state index in [4.69, 9.17) is 0 Å². The van der Waals surface area contributed by atoms with Crippen LogP contribution >= 0.6 is 0 Å². The molecular weight excluding hydrogens is 282 g/mol. The van der Waals surface area contributed by atoms with Crippen molar-refractivity contribution in [2.75, 3.05) is 13.1 Å². The third-order valence-electron chi connectivity index (χ3n) is 3.70. The number of hydrogen-bond acceptors (Lipinski definition) is 4. The van der Waals surface area contributed by atoms with Crippen LogP contribution in [-0.2, 0) is 0 Å². The summed E-state index contributed by atoms with van der Waals surface area (Å²) in [6, 6.07) is 11.7. The molecule has 1 saturated heterocycles. The van der Waals surface area contributed by atoms with Gasteiger partial charge in [0.15, 0.2) is 0 Å². The van der Waals surface area contributed by atoms with Crippen molar-refractivity contribution in [1.29, 1.82) is 0 Å². The van der Waals surface area contributed by atoms with Gasteiger partial charge in [-0.25, -0.2) is 0 Å². The first kappa shape index (κ1) is 14.5. The van der Waals surface area contributed by atoms with Gasteiger partial charge < -0.3 is 10.0 Å². The summed E-state index contributed by atoms with van der Waals surface area (Å²) in [6.45, 7) is 0.910. The van der Waals surface area contributed by atoms with Crippen LogP contribution in [0.2, 0.25) is 0 Å². The minimum absolute atomic E-state index is 0.206. The summed E-state index contributed by atoms with van der Waals surface area (Å²) in [7, 11) is 0. The quantitative estimate of drug-likeness (QED) is 0.891. The number of rotatable bonds is 2. The van der Waals surface area contributed by atoms with Gasteiger partial charge in [-0.2, -0.15) is 9.78 Å². The normalized spacial score (nSPS) is 18.2. The summed E-state index contributed by atoms with van der Waals surface area (Å²) in [4.78, 5) is 26.0. The summed E-state index contributed by atoms with van der Waals surface area (Å²) in [5.41, 5.74) is 0.528. The number of piperidine rings is 1. The van der Waals surface area contributed by atoms with Crippen molar-refractivity contribution in [3.8, 4) is 5.69 Å². The fraction of sp³-hybridized carbons (Fsp3) is 0.312. The molecule has 1 N–H and O–H groups in total. The Bertz CT molecular complexity index is 727. The average molecular weight is 299 g/mol. The Morgan fingerprint density at radius 2 is 1.95 bits per heavy atom. The van der Waals surface area contributed by atoms with E-state index in [9.17, 15) is 14.7 Å². The molecule has 6 heteroatoms. The van der Waals surface area contributed by atoms with Crippen LogP contribution in [0.1, 0.15) is 23.3 Å². The molecule has 1 aromatic heterocycles. The van der Waals surface area contributed by atoms with Crippen molar-refractivity contribution in [2.24, 2.45) is 0 Å². The Morgan fingerprint density at radius 3 is 2.68 bits per heavy atom. The fourth-order valence-corrected chi connectivity index (χ4v) is 2.58. The molecule has 0 radical (unpaired) electrons. The Hall–Kier alpha value is -2.47. The third kappa shape index (κ3) is 2.92. The lowest BCUT2D eigenvalue weighted by Crippen LogP contribution is -2.43. The molecule has 0 aliphatic carbocycles. The zero-order chi connectivity index (χ0) is 15.5. The maximum atomic E-state index is 12.5. The lowest BCUT2D eigenvalue weighted by molar-refractivity contribution is 0.0467. The molecule has 2 aromatic rings. The number of aromatic nitrogens is 2. The fourth-order valence-electron chi connectivity index (χ4n) is 2.58. The van der Waals surface area contributed by atoms with Gasteiger partial charge in [0.25, 0.3) is 11.5 Å². The van der Waals surface area contributed by atoms with E-state index < -0.39 is 6.10 Å². The number of benzene rings is 1. The van der Waals surface area contributed by atoms with Crippen molar-refractivity contribution in [3.05, 3.63) is 58.5 Å². The predicted octanol–water partition coefficient (Wildman–Crippen LogP) is 0.829. The van der Waals surface area contributed by atoms with E-state index in [1.807, 2.05) is 6.07 Å². The molecule has 1 fully saturated rings. The summed E-state index contributed by atoms with van der Waals surface area (Å²) in [5.74, 6) is -0.261. The molecule has 1 aromatic carbocycles. The maximum absolute atomic E-state index is 12.5. The van der Waals surface area contributed by atoms with Crippen LogP contribution in [-0.4, -0.2) is 44.9 Å². The first-order valence-electron chi connectivity index (χ1n) is 7.28. The van der Waals surface area contributed by atoms with E-state index in [-0.39, 0.29) is 17.2 Å². The van der Waals surface area contributed by atoms with Crippen LogP contribution in [0.15, 0.2) is 47.3 Å². The highest BCUT2D eigenvalue weighted by atomic mass is 16.3. The molecule has 1 aliphatic heterocycles. The average Bonchev–Trinajstić information content (AvgIpc) is 2.55. The van der Waals surface area contributed by atoms with Crippen molar-refractivity contribution in [3.63, 3.8) is 0 Å². The van der Waals surface area contributed by atoms with E-state index in [2.05, 4.69) is 5.10 Å². The van der Waals surface area contributed by atoms with Crippen LogP contribution in [0.3, 0.4) is 0 Å². The number of hydrogen-bond donors (Lipinski definition) is 1. The molecule has 0 saturated carbocycles. The molecule has 1 aliphatic rings. The summed E-state index contributed by atoms with van der Waals surface area (Å²) < 4.78 is 1.22. The van der Waals surface area contributed by atoms with Crippen LogP contribution in [0, 0.1) is 0 Å². The lowest BCUT2D eigenvalue weighted by Gasteiger charge is -2.29. The van der Waals surface area contributed by atoms with Gasteiger partial charge in [0.05, 0.1) is 11.8 Å². The van der Waals surface area contributed by atoms with Crippen molar-refractivity contribution >= 4 is 5.91 Å². The van der Waals surface area contributed by atoms with Gasteiger partial charge in [0.2, 0.25) is 0 Å². The Kier molecular flexibility index (Phi) is 4.02. The van der Waals surface area contributed by atoms with Gasteiger partial charge in [0.1, 0.15) is 5.69 Å². The standard InChI is InChI=1S/C16H17N3O3/c20-13-7-4-10-18(11-13)16(22)14-8-9-15(21)19(17-14)12-5-2-1-3-6-12/h1-3,5-6,8-9,13,20H,4,7,10-11H2. The first-order chi connectivity index (χ1) is 10.6. The SMILES string of the molecule is O=C(c1ccc(=O)n(-c2ccccc2)n1)N1CCCC(O)C1. The number of nitrogens with zero attached hydrogens (tertiary/aromatic N) is 3. The van der Waals surface area contributed by atoms with Crippen LogP contribution in [0.25, 0.3) is 5.69 Å². The number of carbonyl (C=O) groups is 1. The molecule has 3 rings (SSSR count). The highest BCUT2D eigenvalue weighted by Gasteiger charge is 2.24. The van der Waals surface area contributed by atoms with Gasteiger partial charge in [-0.3, -0.25) is 9.59 Å². The maximum Gasteiger partial charge on any atom is 0.274 e. The second kappa shape index (κ2) is 6.11. The number of β-amino-alcohol motifs (C(OH)–C–C–N with tert-alkyl or cyclic N) is 1. The number of aliphatic hydroxyl groups is 1. The van der Waals surface area contributed by atoms with E-state index in [1.165, 1.54) is 16.8 Å². The smallest absolute Gasteiger partial charge is 0.274 e. The molecular formula is C16H17N3O3. The number of likely N-dealkylation sites (tertiary alicyclic amines) is 1. The number of carbonyl (C=O) groups excluding carboxylic acids is 1. The van der Waals surface area contributed by atoms with Gasteiger partial charge >= 0.3 is 0 Å². The largest absolute Gasteiger partial charge is 0.391 e. The predicted molar refractivity (Wildman–Crippen MR) is 81.0 cm³/mol. The van der Waals surface area contributed by atoms with Crippen molar-refractivity contribution in [1.82, 2.24) is 14.7 Å².